The number of halogens is 2. The molecular weight excluding hydrogens is 403 g/mol. The zero-order valence-corrected chi connectivity index (χ0v) is 17.9. The van der Waals surface area contributed by atoms with Crippen LogP contribution in [0.15, 0.2) is 48.5 Å². The van der Waals surface area contributed by atoms with Crippen molar-refractivity contribution in [2.75, 3.05) is 26.2 Å². The maximum atomic E-state index is 13.6. The maximum Gasteiger partial charge on any atom is 0.260 e. The summed E-state index contributed by atoms with van der Waals surface area (Å²) in [4.78, 5) is 17.2. The molecule has 0 radical (unpaired) electrons. The van der Waals surface area contributed by atoms with E-state index >= 15 is 0 Å². The highest BCUT2D eigenvalue weighted by atomic mass is 35.5. The fraction of sp³-hybridized carbons (Fsp3) is 0.458. The molecule has 0 unspecified atom stereocenters. The molecule has 0 aliphatic carbocycles. The number of nitrogens with zero attached hydrogens (tertiary/aromatic N) is 2. The third kappa shape index (κ3) is 4.96. The quantitative estimate of drug-likeness (QED) is 0.676. The van der Waals surface area contributed by atoms with E-state index in [1.807, 2.05) is 17.0 Å². The van der Waals surface area contributed by atoms with E-state index in [9.17, 15) is 9.18 Å². The van der Waals surface area contributed by atoms with Crippen LogP contribution in [0.1, 0.15) is 37.7 Å². The van der Waals surface area contributed by atoms with Crippen LogP contribution < -0.4 is 4.74 Å². The van der Waals surface area contributed by atoms with Gasteiger partial charge in [0.1, 0.15) is 11.6 Å². The normalized spacial score (nSPS) is 22.3. The molecule has 4 rings (SSSR count). The predicted molar refractivity (Wildman–Crippen MR) is 116 cm³/mol. The predicted octanol–water partition coefficient (Wildman–Crippen LogP) is 4.91. The van der Waals surface area contributed by atoms with Crippen LogP contribution in [-0.4, -0.2) is 47.5 Å². The Kier molecular flexibility index (Phi) is 6.59. The van der Waals surface area contributed by atoms with E-state index in [4.69, 9.17) is 16.3 Å². The fourth-order valence-electron chi connectivity index (χ4n) is 4.88. The lowest BCUT2D eigenvalue weighted by molar-refractivity contribution is -0.133. The second-order valence-corrected chi connectivity index (χ2v) is 8.80. The van der Waals surface area contributed by atoms with Gasteiger partial charge in [-0.2, -0.15) is 0 Å². The van der Waals surface area contributed by atoms with E-state index in [2.05, 4.69) is 4.90 Å². The van der Waals surface area contributed by atoms with Crippen molar-refractivity contribution >= 4 is 17.5 Å². The molecule has 2 aromatic carbocycles. The van der Waals surface area contributed by atoms with Crippen LogP contribution in [-0.2, 0) is 11.3 Å². The standard InChI is InChI=1S/C24H28ClFN2O2/c25-20-6-2-8-22(16-20)30-18-23(29)27-12-3-9-24(11-14-27)10-4-13-28(24)17-19-5-1-7-21(26)15-19/h1-2,5-8,15-16H,3-4,9-14,17-18H2/t24-/m1/s1. The van der Waals surface area contributed by atoms with E-state index in [0.717, 1.165) is 63.8 Å². The molecule has 0 saturated carbocycles. The van der Waals surface area contributed by atoms with Gasteiger partial charge < -0.3 is 9.64 Å². The molecule has 2 fully saturated rings. The highest BCUT2D eigenvalue weighted by Crippen LogP contribution is 2.39. The van der Waals surface area contributed by atoms with Gasteiger partial charge in [-0.3, -0.25) is 9.69 Å². The third-order valence-electron chi connectivity index (χ3n) is 6.43. The van der Waals surface area contributed by atoms with E-state index in [1.54, 1.807) is 30.3 Å². The number of rotatable bonds is 5. The molecule has 4 nitrogen and oxygen atoms in total. The second-order valence-electron chi connectivity index (χ2n) is 8.36. The summed E-state index contributed by atoms with van der Waals surface area (Å²) in [6.07, 6.45) is 5.29. The Morgan fingerprint density at radius 2 is 1.83 bits per heavy atom. The number of hydrogen-bond donors (Lipinski definition) is 0. The molecule has 2 aliphatic rings. The van der Waals surface area contributed by atoms with Gasteiger partial charge in [0, 0.05) is 30.2 Å². The zero-order chi connectivity index (χ0) is 21.0. The van der Waals surface area contributed by atoms with E-state index in [-0.39, 0.29) is 23.9 Å². The molecule has 1 spiro atoms. The Morgan fingerprint density at radius 1 is 1.03 bits per heavy atom. The smallest absolute Gasteiger partial charge is 0.260 e. The van der Waals surface area contributed by atoms with Gasteiger partial charge in [-0.05, 0) is 74.5 Å². The molecule has 160 valence electrons. The minimum Gasteiger partial charge on any atom is -0.484 e. The van der Waals surface area contributed by atoms with Crippen LogP contribution in [0, 0.1) is 5.82 Å². The second kappa shape index (κ2) is 9.36. The average molecular weight is 431 g/mol. The number of likely N-dealkylation sites (tertiary alicyclic amines) is 2. The van der Waals surface area contributed by atoms with E-state index < -0.39 is 0 Å². The lowest BCUT2D eigenvalue weighted by atomic mass is 9.87. The lowest BCUT2D eigenvalue weighted by Crippen LogP contribution is -2.44. The summed E-state index contributed by atoms with van der Waals surface area (Å²) in [6, 6.07) is 14.0. The van der Waals surface area contributed by atoms with Crippen LogP contribution in [0.3, 0.4) is 0 Å². The zero-order valence-electron chi connectivity index (χ0n) is 17.2. The van der Waals surface area contributed by atoms with Crippen molar-refractivity contribution in [1.29, 1.82) is 0 Å². The van der Waals surface area contributed by atoms with Crippen molar-refractivity contribution in [3.63, 3.8) is 0 Å². The number of ether oxygens (including phenoxy) is 1. The van der Waals surface area contributed by atoms with Crippen LogP contribution >= 0.6 is 11.6 Å². The van der Waals surface area contributed by atoms with E-state index in [0.29, 0.717) is 10.8 Å². The van der Waals surface area contributed by atoms with Crippen molar-refractivity contribution in [3.05, 3.63) is 64.9 Å². The molecule has 1 amide bonds. The van der Waals surface area contributed by atoms with E-state index in [1.165, 1.54) is 6.07 Å². The Balaban J connectivity index is 1.36. The summed E-state index contributed by atoms with van der Waals surface area (Å²) < 4.78 is 19.3. The summed E-state index contributed by atoms with van der Waals surface area (Å²) >= 11 is 5.98. The number of benzene rings is 2. The first-order valence-electron chi connectivity index (χ1n) is 10.7. The van der Waals surface area contributed by atoms with Crippen molar-refractivity contribution in [1.82, 2.24) is 9.80 Å². The molecule has 1 atom stereocenters. The summed E-state index contributed by atoms with van der Waals surface area (Å²) in [5.74, 6) is 0.444. The van der Waals surface area contributed by atoms with Crippen LogP contribution in [0.5, 0.6) is 5.75 Å². The fourth-order valence-corrected chi connectivity index (χ4v) is 5.06. The minimum atomic E-state index is -0.182. The van der Waals surface area contributed by atoms with Crippen molar-refractivity contribution in [2.45, 2.75) is 44.2 Å². The molecule has 2 aliphatic heterocycles. The van der Waals surface area contributed by atoms with Gasteiger partial charge in [0.25, 0.3) is 5.91 Å². The first kappa shape index (κ1) is 21.1. The summed E-state index contributed by atoms with van der Waals surface area (Å²) in [5.41, 5.74) is 1.12. The Morgan fingerprint density at radius 3 is 2.63 bits per heavy atom. The Hall–Kier alpha value is -2.11. The minimum absolute atomic E-state index is 0.0155. The third-order valence-corrected chi connectivity index (χ3v) is 6.67. The first-order chi connectivity index (χ1) is 14.5. The summed E-state index contributed by atoms with van der Waals surface area (Å²) in [6.45, 7) is 3.32. The molecule has 6 heteroatoms. The molecule has 0 aromatic heterocycles. The largest absolute Gasteiger partial charge is 0.484 e. The van der Waals surface area contributed by atoms with Gasteiger partial charge in [0.05, 0.1) is 0 Å². The van der Waals surface area contributed by atoms with Gasteiger partial charge >= 0.3 is 0 Å². The van der Waals surface area contributed by atoms with Gasteiger partial charge in [-0.1, -0.05) is 29.8 Å². The van der Waals surface area contributed by atoms with Gasteiger partial charge in [-0.15, -0.1) is 0 Å². The van der Waals surface area contributed by atoms with Crippen molar-refractivity contribution in [2.24, 2.45) is 0 Å². The molecule has 2 heterocycles. The Bertz CT molecular complexity index is 893. The first-order valence-corrected chi connectivity index (χ1v) is 11.1. The number of carbonyl (C=O) groups is 1. The number of carbonyl (C=O) groups excluding carboxylic acids is 1. The Labute approximate surface area is 182 Å². The topological polar surface area (TPSA) is 32.8 Å². The van der Waals surface area contributed by atoms with Gasteiger partial charge in [0.15, 0.2) is 6.61 Å². The molecular formula is C24H28ClFN2O2. The molecule has 0 bridgehead atoms. The van der Waals surface area contributed by atoms with Crippen LogP contribution in [0.4, 0.5) is 4.39 Å². The molecule has 30 heavy (non-hydrogen) atoms. The molecule has 2 aromatic rings. The number of hydrogen-bond acceptors (Lipinski definition) is 3. The maximum absolute atomic E-state index is 13.6. The van der Waals surface area contributed by atoms with Crippen molar-refractivity contribution in [3.8, 4) is 5.75 Å². The van der Waals surface area contributed by atoms with Crippen LogP contribution in [0.2, 0.25) is 5.02 Å². The van der Waals surface area contributed by atoms with Gasteiger partial charge in [-0.25, -0.2) is 4.39 Å². The lowest BCUT2D eigenvalue weighted by Gasteiger charge is -2.38. The average Bonchev–Trinajstić information content (AvgIpc) is 2.97. The van der Waals surface area contributed by atoms with Gasteiger partial charge in [0.2, 0.25) is 0 Å². The van der Waals surface area contributed by atoms with Crippen LogP contribution in [0.25, 0.3) is 0 Å². The van der Waals surface area contributed by atoms with Crippen molar-refractivity contribution < 1.29 is 13.9 Å². The number of amides is 1. The molecule has 2 saturated heterocycles. The monoisotopic (exact) mass is 430 g/mol. The molecule has 0 N–H and O–H groups in total. The summed E-state index contributed by atoms with van der Waals surface area (Å²) in [7, 11) is 0. The highest BCUT2D eigenvalue weighted by molar-refractivity contribution is 6.30. The highest BCUT2D eigenvalue weighted by Gasteiger charge is 2.42. The summed E-state index contributed by atoms with van der Waals surface area (Å²) in [5, 5.41) is 0.594. The SMILES string of the molecule is O=C(COc1cccc(Cl)c1)N1CCC[C@@]2(CCCN2Cc2cccc(F)c2)CC1.